The van der Waals surface area contributed by atoms with E-state index >= 15 is 0 Å². The molecule has 0 aliphatic heterocycles. The summed E-state index contributed by atoms with van der Waals surface area (Å²) in [5, 5.41) is 0. The highest BCUT2D eigenvalue weighted by Gasteiger charge is 2.09. The largest absolute Gasteiger partial charge is 0.106 e. The number of allylic oxidation sites excluding steroid dienone is 6. The van der Waals surface area contributed by atoms with Gasteiger partial charge < -0.3 is 0 Å². The van der Waals surface area contributed by atoms with Crippen LogP contribution in [0.25, 0.3) is 0 Å². The van der Waals surface area contributed by atoms with E-state index in [1.807, 2.05) is 0 Å². The van der Waals surface area contributed by atoms with Crippen LogP contribution in [0.4, 0.5) is 0 Å². The van der Waals surface area contributed by atoms with Gasteiger partial charge in [0.2, 0.25) is 0 Å². The molecule has 0 heteroatoms. The van der Waals surface area contributed by atoms with Crippen LogP contribution in [0, 0.1) is 0 Å². The van der Waals surface area contributed by atoms with Crippen molar-refractivity contribution in [3.8, 4) is 0 Å². The standard InChI is InChI=1S/C12H18.C6H14.C2H4.2CH4/c1-4-7-11-9-6-8-10(3)12(11)5-2;1-3-5-6-4-2;1-2;;/h5,7-8H,4,6,9H2,1-3H3;3-6H2,1-2H3;1-2H2;2*1H4/b11-7-,12-5-;;;;. The summed E-state index contributed by atoms with van der Waals surface area (Å²) in [6, 6.07) is 0. The van der Waals surface area contributed by atoms with Crippen LogP contribution in [0.5, 0.6) is 0 Å². The fraction of sp³-hybridized carbons (Fsp3) is 0.636. The second-order valence-corrected chi connectivity index (χ2v) is 4.97. The van der Waals surface area contributed by atoms with Gasteiger partial charge in [0.1, 0.15) is 0 Å². The Hall–Kier alpha value is -1.04. The molecular formula is C22H44. The summed E-state index contributed by atoms with van der Waals surface area (Å²) < 4.78 is 0. The summed E-state index contributed by atoms with van der Waals surface area (Å²) in [5.41, 5.74) is 4.45. The first-order valence-corrected chi connectivity index (χ1v) is 8.23. The summed E-state index contributed by atoms with van der Waals surface area (Å²) in [4.78, 5) is 0. The minimum atomic E-state index is 0. The van der Waals surface area contributed by atoms with Crippen LogP contribution in [-0.2, 0) is 0 Å². The third-order valence-corrected chi connectivity index (χ3v) is 3.33. The maximum Gasteiger partial charge on any atom is -0.0241 e. The number of hydrogen-bond donors (Lipinski definition) is 0. The van der Waals surface area contributed by atoms with Gasteiger partial charge in [0.25, 0.3) is 0 Å². The minimum absolute atomic E-state index is 0. The van der Waals surface area contributed by atoms with Crippen molar-refractivity contribution in [2.75, 3.05) is 0 Å². The van der Waals surface area contributed by atoms with Crippen LogP contribution in [0.2, 0.25) is 0 Å². The lowest BCUT2D eigenvalue weighted by atomic mass is 9.89. The van der Waals surface area contributed by atoms with E-state index in [9.17, 15) is 0 Å². The SMILES string of the molecule is C.C.C/C=C1/C(C)=CCC/C1=C/CC.C=C.CCCCCC. The maximum absolute atomic E-state index is 3.00. The van der Waals surface area contributed by atoms with Gasteiger partial charge in [0.05, 0.1) is 0 Å². The Bertz CT molecular complexity index is 298. The molecule has 0 unspecified atom stereocenters. The van der Waals surface area contributed by atoms with Crippen molar-refractivity contribution in [1.29, 1.82) is 0 Å². The van der Waals surface area contributed by atoms with Crippen LogP contribution in [0.15, 0.2) is 48.1 Å². The molecule has 0 fully saturated rings. The van der Waals surface area contributed by atoms with E-state index in [2.05, 4.69) is 66.0 Å². The molecule has 0 atom stereocenters. The number of rotatable bonds is 4. The lowest BCUT2D eigenvalue weighted by molar-refractivity contribution is 0.702. The minimum Gasteiger partial charge on any atom is -0.106 e. The summed E-state index contributed by atoms with van der Waals surface area (Å²) in [6.07, 6.45) is 16.1. The lowest BCUT2D eigenvalue weighted by Gasteiger charge is -2.17. The highest BCUT2D eigenvalue weighted by atomic mass is 14.1. The Morgan fingerprint density at radius 2 is 1.55 bits per heavy atom. The molecule has 1 rings (SSSR count). The molecule has 0 saturated heterocycles. The lowest BCUT2D eigenvalue weighted by Crippen LogP contribution is -1.97. The molecule has 22 heavy (non-hydrogen) atoms. The average molecular weight is 309 g/mol. The molecule has 0 bridgehead atoms. The Morgan fingerprint density at radius 1 is 1.05 bits per heavy atom. The first-order valence-electron chi connectivity index (χ1n) is 8.23. The molecule has 0 aromatic carbocycles. The van der Waals surface area contributed by atoms with Crippen LogP contribution in [0.1, 0.15) is 94.4 Å². The van der Waals surface area contributed by atoms with Crippen molar-refractivity contribution >= 4 is 0 Å². The molecule has 0 nitrogen and oxygen atoms in total. The molecule has 0 aromatic heterocycles. The first kappa shape index (κ1) is 29.0. The fourth-order valence-electron chi connectivity index (χ4n) is 2.31. The van der Waals surface area contributed by atoms with Gasteiger partial charge in [0.15, 0.2) is 0 Å². The highest BCUT2D eigenvalue weighted by Crippen LogP contribution is 2.28. The Kier molecular flexibility index (Phi) is 29.4. The maximum atomic E-state index is 3.00. The molecule has 132 valence electrons. The molecule has 0 heterocycles. The van der Waals surface area contributed by atoms with E-state index in [0.717, 1.165) is 6.42 Å². The van der Waals surface area contributed by atoms with Gasteiger partial charge >= 0.3 is 0 Å². The topological polar surface area (TPSA) is 0 Å². The van der Waals surface area contributed by atoms with E-state index in [-0.39, 0.29) is 14.9 Å². The summed E-state index contributed by atoms with van der Waals surface area (Å²) >= 11 is 0. The monoisotopic (exact) mass is 308 g/mol. The summed E-state index contributed by atoms with van der Waals surface area (Å²) in [7, 11) is 0. The third kappa shape index (κ3) is 13.9. The van der Waals surface area contributed by atoms with Gasteiger partial charge in [-0.2, -0.15) is 0 Å². The normalized spacial score (nSPS) is 16.1. The van der Waals surface area contributed by atoms with Crippen molar-refractivity contribution < 1.29 is 0 Å². The molecule has 0 saturated carbocycles. The fourth-order valence-corrected chi connectivity index (χ4v) is 2.31. The van der Waals surface area contributed by atoms with Crippen LogP contribution in [0.3, 0.4) is 0 Å². The van der Waals surface area contributed by atoms with Gasteiger partial charge in [-0.25, -0.2) is 0 Å². The number of unbranched alkanes of at least 4 members (excludes halogenated alkanes) is 3. The van der Waals surface area contributed by atoms with Crippen molar-refractivity contribution in [3.63, 3.8) is 0 Å². The van der Waals surface area contributed by atoms with Gasteiger partial charge in [0, 0.05) is 0 Å². The predicted molar refractivity (Wildman–Crippen MR) is 110 cm³/mol. The molecule has 0 N–H and O–H groups in total. The van der Waals surface area contributed by atoms with Gasteiger partial charge in [-0.05, 0) is 49.8 Å². The van der Waals surface area contributed by atoms with Gasteiger partial charge in [-0.15, -0.1) is 13.2 Å². The van der Waals surface area contributed by atoms with E-state index in [1.54, 1.807) is 5.57 Å². The zero-order valence-electron chi connectivity index (χ0n) is 14.6. The second-order valence-electron chi connectivity index (χ2n) is 4.97. The van der Waals surface area contributed by atoms with Crippen molar-refractivity contribution in [2.45, 2.75) is 94.4 Å². The third-order valence-electron chi connectivity index (χ3n) is 3.33. The van der Waals surface area contributed by atoms with Gasteiger partial charge in [-0.3, -0.25) is 0 Å². The predicted octanol–water partition coefficient (Wildman–Crippen LogP) is 8.67. The van der Waals surface area contributed by atoms with Crippen LogP contribution >= 0.6 is 0 Å². The summed E-state index contributed by atoms with van der Waals surface area (Å²) in [6.45, 7) is 17.0. The molecule has 0 amide bonds. The van der Waals surface area contributed by atoms with E-state index in [0.29, 0.717) is 0 Å². The van der Waals surface area contributed by atoms with E-state index in [1.165, 1.54) is 49.7 Å². The smallest absolute Gasteiger partial charge is 0.0241 e. The molecule has 1 aliphatic carbocycles. The molecular weight excluding hydrogens is 264 g/mol. The molecule has 1 aliphatic rings. The summed E-state index contributed by atoms with van der Waals surface area (Å²) in [5.74, 6) is 0. The van der Waals surface area contributed by atoms with Crippen LogP contribution < -0.4 is 0 Å². The Morgan fingerprint density at radius 3 is 1.91 bits per heavy atom. The molecule has 0 spiro atoms. The number of hydrogen-bond acceptors (Lipinski definition) is 0. The van der Waals surface area contributed by atoms with Crippen molar-refractivity contribution in [3.05, 3.63) is 48.1 Å². The molecule has 0 aromatic rings. The zero-order chi connectivity index (χ0) is 15.8. The first-order chi connectivity index (χ1) is 9.71. The Balaban J connectivity index is -0.000000141. The van der Waals surface area contributed by atoms with Gasteiger partial charge in [-0.1, -0.05) is 79.5 Å². The van der Waals surface area contributed by atoms with E-state index in [4.69, 9.17) is 0 Å². The van der Waals surface area contributed by atoms with Crippen LogP contribution in [-0.4, -0.2) is 0 Å². The highest BCUT2D eigenvalue weighted by molar-refractivity contribution is 5.47. The van der Waals surface area contributed by atoms with Crippen molar-refractivity contribution in [1.82, 2.24) is 0 Å². The second kappa shape index (κ2) is 22.2. The Labute approximate surface area is 143 Å². The quantitative estimate of drug-likeness (QED) is 0.360. The average Bonchev–Trinajstić information content (AvgIpc) is 2.48. The molecule has 0 radical (unpaired) electrons. The van der Waals surface area contributed by atoms with Crippen molar-refractivity contribution in [2.24, 2.45) is 0 Å². The van der Waals surface area contributed by atoms with E-state index < -0.39 is 0 Å². The zero-order valence-corrected chi connectivity index (χ0v) is 14.6.